The Morgan fingerprint density at radius 3 is 2.55 bits per heavy atom. The Labute approximate surface area is 79.7 Å². The molecule has 1 aromatic heterocycles. The maximum absolute atomic E-state index is 5.87. The molecule has 1 rings (SSSR count). The van der Waals surface area contributed by atoms with E-state index in [2.05, 4.69) is 28.1 Å². The lowest BCUT2D eigenvalue weighted by molar-refractivity contribution is 0.521. The van der Waals surface area contributed by atoms with Gasteiger partial charge in [-0.15, -0.1) is 11.3 Å². The molecule has 0 amide bonds. The molecule has 0 aliphatic rings. The quantitative estimate of drug-likeness (QED) is 0.836. The number of rotatable bonds is 2. The first-order valence-corrected chi connectivity index (χ1v) is 5.11. The van der Waals surface area contributed by atoms with Crippen LogP contribution in [0.5, 0.6) is 0 Å². The summed E-state index contributed by atoms with van der Waals surface area (Å²) in [4.78, 5) is 1.34. The molecule has 0 aliphatic heterocycles. The zero-order chi connectivity index (χ0) is 8.48. The van der Waals surface area contributed by atoms with Crippen molar-refractivity contribution in [2.45, 2.75) is 25.8 Å². The van der Waals surface area contributed by atoms with Gasteiger partial charge in [0.25, 0.3) is 0 Å². The minimum Gasteiger partial charge on any atom is -0.325 e. The van der Waals surface area contributed by atoms with Gasteiger partial charge in [-0.25, -0.2) is 0 Å². The number of hydrogen-bond acceptors (Lipinski definition) is 2. The lowest BCUT2D eigenvalue weighted by atomic mass is 10.0. The van der Waals surface area contributed by atoms with Gasteiger partial charge < -0.3 is 5.73 Å². The first kappa shape index (κ1) is 9.23. The van der Waals surface area contributed by atoms with Crippen molar-refractivity contribution < 1.29 is 0 Å². The molecule has 0 saturated carbocycles. The molecule has 0 radical (unpaired) electrons. The molecular formula is C8H12BrNS. The van der Waals surface area contributed by atoms with Gasteiger partial charge in [-0.05, 0) is 48.3 Å². The zero-order valence-electron chi connectivity index (χ0n) is 6.73. The molecule has 11 heavy (non-hydrogen) atoms. The highest BCUT2D eigenvalue weighted by atomic mass is 79.9. The van der Waals surface area contributed by atoms with Crippen LogP contribution in [0.4, 0.5) is 0 Å². The van der Waals surface area contributed by atoms with Crippen LogP contribution in [0.2, 0.25) is 0 Å². The number of hydrogen-bond donors (Lipinski definition) is 1. The maximum atomic E-state index is 5.87. The molecule has 0 spiro atoms. The maximum Gasteiger partial charge on any atom is 0.0701 e. The summed E-state index contributed by atoms with van der Waals surface area (Å²) < 4.78 is 1.18. The fourth-order valence-electron chi connectivity index (χ4n) is 0.896. The second-order valence-electron chi connectivity index (χ2n) is 3.37. The van der Waals surface area contributed by atoms with Gasteiger partial charge >= 0.3 is 0 Å². The van der Waals surface area contributed by atoms with E-state index in [0.29, 0.717) is 0 Å². The standard InChI is InChI=1S/C8H12BrNS/c1-8(2,10)5-6-3-4-7(9)11-6/h3-4H,5,10H2,1-2H3. The van der Waals surface area contributed by atoms with Crippen molar-refractivity contribution in [3.8, 4) is 0 Å². The van der Waals surface area contributed by atoms with E-state index < -0.39 is 0 Å². The van der Waals surface area contributed by atoms with Crippen molar-refractivity contribution in [1.82, 2.24) is 0 Å². The van der Waals surface area contributed by atoms with Crippen LogP contribution in [0.25, 0.3) is 0 Å². The molecular weight excluding hydrogens is 222 g/mol. The topological polar surface area (TPSA) is 26.0 Å². The van der Waals surface area contributed by atoms with Crippen molar-refractivity contribution in [2.24, 2.45) is 5.73 Å². The van der Waals surface area contributed by atoms with Gasteiger partial charge in [0.2, 0.25) is 0 Å². The molecule has 1 aromatic rings. The van der Waals surface area contributed by atoms with Gasteiger partial charge in [-0.2, -0.15) is 0 Å². The van der Waals surface area contributed by atoms with Crippen molar-refractivity contribution in [3.05, 3.63) is 20.8 Å². The minimum absolute atomic E-state index is 0.0930. The predicted molar refractivity (Wildman–Crippen MR) is 54.0 cm³/mol. The monoisotopic (exact) mass is 233 g/mol. The molecule has 0 saturated heterocycles. The summed E-state index contributed by atoms with van der Waals surface area (Å²) in [7, 11) is 0. The van der Waals surface area contributed by atoms with E-state index in [1.54, 1.807) is 11.3 Å². The fourth-order valence-corrected chi connectivity index (χ4v) is 2.62. The van der Waals surface area contributed by atoms with E-state index in [4.69, 9.17) is 5.73 Å². The summed E-state index contributed by atoms with van der Waals surface area (Å²) >= 11 is 5.17. The summed E-state index contributed by atoms with van der Waals surface area (Å²) in [6, 6.07) is 4.18. The molecule has 0 atom stereocenters. The molecule has 1 nitrogen and oxygen atoms in total. The van der Waals surface area contributed by atoms with Crippen molar-refractivity contribution in [1.29, 1.82) is 0 Å². The number of thiophene rings is 1. The van der Waals surface area contributed by atoms with Gasteiger partial charge in [0.15, 0.2) is 0 Å². The number of halogens is 1. The van der Waals surface area contributed by atoms with Crippen molar-refractivity contribution >= 4 is 27.3 Å². The van der Waals surface area contributed by atoms with Crippen LogP contribution in [0.3, 0.4) is 0 Å². The average molecular weight is 234 g/mol. The average Bonchev–Trinajstić information content (AvgIpc) is 2.10. The Balaban J connectivity index is 2.65. The Bertz CT molecular complexity index is 236. The second-order valence-corrected chi connectivity index (χ2v) is 5.92. The van der Waals surface area contributed by atoms with Crippen molar-refractivity contribution in [3.63, 3.8) is 0 Å². The molecule has 0 fully saturated rings. The SMILES string of the molecule is CC(C)(N)Cc1ccc(Br)s1. The van der Waals surface area contributed by atoms with E-state index in [-0.39, 0.29) is 5.54 Å². The third kappa shape index (κ3) is 3.36. The van der Waals surface area contributed by atoms with Crippen LogP contribution >= 0.6 is 27.3 Å². The molecule has 0 aromatic carbocycles. The van der Waals surface area contributed by atoms with Gasteiger partial charge in [0.1, 0.15) is 0 Å². The van der Waals surface area contributed by atoms with Gasteiger partial charge in [-0.1, -0.05) is 0 Å². The van der Waals surface area contributed by atoms with Crippen LogP contribution < -0.4 is 5.73 Å². The van der Waals surface area contributed by atoms with E-state index in [1.807, 2.05) is 13.8 Å². The normalized spacial score (nSPS) is 12.0. The Morgan fingerprint density at radius 2 is 2.18 bits per heavy atom. The van der Waals surface area contributed by atoms with E-state index >= 15 is 0 Å². The molecule has 2 N–H and O–H groups in total. The van der Waals surface area contributed by atoms with Crippen LogP contribution in [0.1, 0.15) is 18.7 Å². The minimum atomic E-state index is -0.0930. The Morgan fingerprint density at radius 1 is 1.55 bits per heavy atom. The summed E-state index contributed by atoms with van der Waals surface area (Å²) in [5.41, 5.74) is 5.78. The highest BCUT2D eigenvalue weighted by Crippen LogP contribution is 2.24. The molecule has 3 heteroatoms. The largest absolute Gasteiger partial charge is 0.325 e. The fraction of sp³-hybridized carbons (Fsp3) is 0.500. The highest BCUT2D eigenvalue weighted by Gasteiger charge is 2.12. The van der Waals surface area contributed by atoms with Gasteiger partial charge in [0.05, 0.1) is 3.79 Å². The van der Waals surface area contributed by atoms with E-state index in [1.165, 1.54) is 8.66 Å². The van der Waals surface area contributed by atoms with Gasteiger partial charge in [-0.3, -0.25) is 0 Å². The summed E-state index contributed by atoms with van der Waals surface area (Å²) in [6.07, 6.45) is 0.948. The Hall–Kier alpha value is 0.140. The lowest BCUT2D eigenvalue weighted by Crippen LogP contribution is -2.33. The summed E-state index contributed by atoms with van der Waals surface area (Å²) in [6.45, 7) is 4.08. The van der Waals surface area contributed by atoms with Crippen LogP contribution in [-0.2, 0) is 6.42 Å². The number of nitrogens with two attached hydrogens (primary N) is 1. The first-order chi connectivity index (χ1) is 4.97. The highest BCUT2D eigenvalue weighted by molar-refractivity contribution is 9.11. The van der Waals surface area contributed by atoms with Gasteiger partial charge in [0, 0.05) is 10.4 Å². The second kappa shape index (κ2) is 3.25. The van der Waals surface area contributed by atoms with Crippen LogP contribution in [-0.4, -0.2) is 5.54 Å². The lowest BCUT2D eigenvalue weighted by Gasteiger charge is -2.16. The smallest absolute Gasteiger partial charge is 0.0701 e. The summed E-state index contributed by atoms with van der Waals surface area (Å²) in [5.74, 6) is 0. The molecule has 0 aliphatic carbocycles. The molecule has 0 unspecified atom stereocenters. The first-order valence-electron chi connectivity index (χ1n) is 3.50. The zero-order valence-corrected chi connectivity index (χ0v) is 9.13. The van der Waals surface area contributed by atoms with E-state index in [9.17, 15) is 0 Å². The summed E-state index contributed by atoms with van der Waals surface area (Å²) in [5, 5.41) is 0. The van der Waals surface area contributed by atoms with Crippen LogP contribution in [0, 0.1) is 0 Å². The van der Waals surface area contributed by atoms with E-state index in [0.717, 1.165) is 6.42 Å². The molecule has 1 heterocycles. The molecule has 0 bridgehead atoms. The molecule has 62 valence electrons. The third-order valence-corrected chi connectivity index (χ3v) is 2.88. The Kier molecular flexibility index (Phi) is 2.73. The van der Waals surface area contributed by atoms with Crippen LogP contribution in [0.15, 0.2) is 15.9 Å². The van der Waals surface area contributed by atoms with Crippen molar-refractivity contribution in [2.75, 3.05) is 0 Å². The predicted octanol–water partition coefficient (Wildman–Crippen LogP) is 2.79. The third-order valence-electron chi connectivity index (χ3n) is 1.26.